The van der Waals surface area contributed by atoms with E-state index in [4.69, 9.17) is 0 Å². The molecule has 0 atom stereocenters. The van der Waals surface area contributed by atoms with E-state index in [1.165, 1.54) is 11.8 Å². The second kappa shape index (κ2) is 10.0. The number of unbranched alkanes of at least 4 members (excludes halogenated alkanes) is 1. The van der Waals surface area contributed by atoms with E-state index in [2.05, 4.69) is 22.8 Å². The summed E-state index contributed by atoms with van der Waals surface area (Å²) in [5.41, 5.74) is 4.25. The van der Waals surface area contributed by atoms with E-state index in [1.807, 2.05) is 56.3 Å². The standard InChI is InChI=1S/C22H25N3O/c1-17-9-8-13-21(18(17)2)25-22(26)20(15-23)16-24-14-7-6-12-19-10-4-3-5-11-19/h3-5,8-11,13,16,24H,6-7,12,14H2,1-2H3,(H,25,26)/b20-16-. The number of rotatable bonds is 8. The smallest absolute Gasteiger partial charge is 0.267 e. The number of carbonyl (C=O) groups is 1. The number of hydrogen-bond acceptors (Lipinski definition) is 3. The zero-order valence-corrected chi connectivity index (χ0v) is 15.4. The van der Waals surface area contributed by atoms with Gasteiger partial charge in [-0.3, -0.25) is 4.79 Å². The number of aryl methyl sites for hydroxylation is 2. The number of amides is 1. The highest BCUT2D eigenvalue weighted by molar-refractivity contribution is 6.06. The van der Waals surface area contributed by atoms with Crippen molar-refractivity contribution < 1.29 is 4.79 Å². The van der Waals surface area contributed by atoms with Gasteiger partial charge in [0.2, 0.25) is 0 Å². The third-order valence-corrected chi connectivity index (χ3v) is 4.34. The highest BCUT2D eigenvalue weighted by Crippen LogP contribution is 2.18. The van der Waals surface area contributed by atoms with E-state index < -0.39 is 5.91 Å². The lowest BCUT2D eigenvalue weighted by atomic mass is 10.1. The van der Waals surface area contributed by atoms with Crippen molar-refractivity contribution in [2.24, 2.45) is 0 Å². The molecule has 2 aromatic carbocycles. The molecule has 0 aliphatic heterocycles. The number of nitrogens with zero attached hydrogens (tertiary/aromatic N) is 1. The Kier molecular flexibility index (Phi) is 7.45. The largest absolute Gasteiger partial charge is 0.390 e. The van der Waals surface area contributed by atoms with Crippen LogP contribution in [-0.4, -0.2) is 12.5 Å². The van der Waals surface area contributed by atoms with Crippen molar-refractivity contribution in [1.29, 1.82) is 5.26 Å². The summed E-state index contributed by atoms with van der Waals surface area (Å²) in [5, 5.41) is 15.1. The van der Waals surface area contributed by atoms with Crippen molar-refractivity contribution in [2.75, 3.05) is 11.9 Å². The first-order valence-corrected chi connectivity index (χ1v) is 8.87. The highest BCUT2D eigenvalue weighted by atomic mass is 16.1. The molecule has 0 unspecified atom stereocenters. The van der Waals surface area contributed by atoms with Gasteiger partial charge in [0.15, 0.2) is 0 Å². The molecule has 134 valence electrons. The number of hydrogen-bond donors (Lipinski definition) is 2. The Labute approximate surface area is 155 Å². The van der Waals surface area contributed by atoms with Crippen molar-refractivity contribution in [2.45, 2.75) is 33.1 Å². The van der Waals surface area contributed by atoms with E-state index in [-0.39, 0.29) is 5.57 Å². The van der Waals surface area contributed by atoms with Gasteiger partial charge >= 0.3 is 0 Å². The molecule has 0 heterocycles. The molecule has 0 radical (unpaired) electrons. The number of anilines is 1. The molecule has 0 spiro atoms. The van der Waals surface area contributed by atoms with Gasteiger partial charge in [0.05, 0.1) is 0 Å². The van der Waals surface area contributed by atoms with Crippen LogP contribution in [0.2, 0.25) is 0 Å². The molecule has 0 aliphatic carbocycles. The summed E-state index contributed by atoms with van der Waals surface area (Å²) < 4.78 is 0. The van der Waals surface area contributed by atoms with Crippen LogP contribution in [0.4, 0.5) is 5.69 Å². The Morgan fingerprint density at radius 2 is 1.85 bits per heavy atom. The molecular formula is C22H25N3O. The lowest BCUT2D eigenvalue weighted by Gasteiger charge is -2.10. The van der Waals surface area contributed by atoms with Gasteiger partial charge in [-0.05, 0) is 55.9 Å². The van der Waals surface area contributed by atoms with Gasteiger partial charge in [-0.15, -0.1) is 0 Å². The second-order valence-corrected chi connectivity index (χ2v) is 6.27. The summed E-state index contributed by atoms with van der Waals surface area (Å²) in [5.74, 6) is -0.391. The van der Waals surface area contributed by atoms with Crippen LogP contribution in [0.1, 0.15) is 29.5 Å². The van der Waals surface area contributed by atoms with Crippen LogP contribution in [0.5, 0.6) is 0 Å². The first-order chi connectivity index (χ1) is 12.6. The summed E-state index contributed by atoms with van der Waals surface area (Å²) in [6, 6.07) is 18.0. The molecular weight excluding hydrogens is 322 g/mol. The average Bonchev–Trinajstić information content (AvgIpc) is 2.65. The van der Waals surface area contributed by atoms with Gasteiger partial charge in [0.25, 0.3) is 5.91 Å². The van der Waals surface area contributed by atoms with Crippen molar-refractivity contribution in [3.63, 3.8) is 0 Å². The molecule has 0 aliphatic rings. The lowest BCUT2D eigenvalue weighted by molar-refractivity contribution is -0.112. The van der Waals surface area contributed by atoms with Gasteiger partial charge in [0.1, 0.15) is 11.6 Å². The van der Waals surface area contributed by atoms with Crippen LogP contribution in [-0.2, 0) is 11.2 Å². The maximum Gasteiger partial charge on any atom is 0.267 e. The Bertz CT molecular complexity index is 804. The monoisotopic (exact) mass is 347 g/mol. The number of carbonyl (C=O) groups excluding carboxylic acids is 1. The van der Waals surface area contributed by atoms with Crippen LogP contribution < -0.4 is 10.6 Å². The third kappa shape index (κ3) is 5.78. The summed E-state index contributed by atoms with van der Waals surface area (Å²) in [6.07, 6.45) is 4.57. The van der Waals surface area contributed by atoms with E-state index in [0.29, 0.717) is 0 Å². The van der Waals surface area contributed by atoms with Crippen molar-refractivity contribution in [3.8, 4) is 6.07 Å². The molecule has 0 saturated carbocycles. The molecule has 4 heteroatoms. The molecule has 0 bridgehead atoms. The molecule has 0 fully saturated rings. The molecule has 2 aromatic rings. The molecule has 2 N–H and O–H groups in total. The van der Waals surface area contributed by atoms with Crippen LogP contribution in [0, 0.1) is 25.2 Å². The van der Waals surface area contributed by atoms with Gasteiger partial charge in [-0.2, -0.15) is 5.26 Å². The van der Waals surface area contributed by atoms with E-state index in [1.54, 1.807) is 0 Å². The minimum Gasteiger partial charge on any atom is -0.390 e. The highest BCUT2D eigenvalue weighted by Gasteiger charge is 2.11. The maximum atomic E-state index is 12.3. The van der Waals surface area contributed by atoms with E-state index >= 15 is 0 Å². The second-order valence-electron chi connectivity index (χ2n) is 6.27. The van der Waals surface area contributed by atoms with Gasteiger partial charge in [-0.1, -0.05) is 42.5 Å². The predicted molar refractivity (Wildman–Crippen MR) is 106 cm³/mol. The molecule has 0 saturated heterocycles. The van der Waals surface area contributed by atoms with Crippen LogP contribution >= 0.6 is 0 Å². The molecule has 2 rings (SSSR count). The van der Waals surface area contributed by atoms with Gasteiger partial charge in [0, 0.05) is 18.4 Å². The summed E-state index contributed by atoms with van der Waals surface area (Å²) in [6.45, 7) is 4.67. The fourth-order valence-electron chi connectivity index (χ4n) is 2.60. The first kappa shape index (κ1) is 19.3. The SMILES string of the molecule is Cc1cccc(NC(=O)/C(C#N)=C\NCCCCc2ccccc2)c1C. The number of nitriles is 1. The molecule has 0 aromatic heterocycles. The molecule has 4 nitrogen and oxygen atoms in total. The summed E-state index contributed by atoms with van der Waals surface area (Å²) in [4.78, 5) is 12.3. The topological polar surface area (TPSA) is 64.9 Å². The minimum absolute atomic E-state index is 0.0777. The van der Waals surface area contributed by atoms with E-state index in [9.17, 15) is 10.1 Å². The van der Waals surface area contributed by atoms with Crippen LogP contribution in [0.25, 0.3) is 0 Å². The fourth-order valence-corrected chi connectivity index (χ4v) is 2.60. The lowest BCUT2D eigenvalue weighted by Crippen LogP contribution is -2.18. The van der Waals surface area contributed by atoms with Crippen molar-refractivity contribution in [3.05, 3.63) is 77.0 Å². The van der Waals surface area contributed by atoms with Gasteiger partial charge < -0.3 is 10.6 Å². The predicted octanol–water partition coefficient (Wildman–Crippen LogP) is 4.26. The average molecular weight is 347 g/mol. The third-order valence-electron chi connectivity index (χ3n) is 4.34. The van der Waals surface area contributed by atoms with Gasteiger partial charge in [-0.25, -0.2) is 0 Å². The number of nitrogens with one attached hydrogen (secondary N) is 2. The minimum atomic E-state index is -0.391. The maximum absolute atomic E-state index is 12.3. The molecule has 26 heavy (non-hydrogen) atoms. The Morgan fingerprint density at radius 3 is 2.58 bits per heavy atom. The zero-order valence-electron chi connectivity index (χ0n) is 15.4. The van der Waals surface area contributed by atoms with Crippen molar-refractivity contribution in [1.82, 2.24) is 5.32 Å². The van der Waals surface area contributed by atoms with Crippen LogP contribution in [0.15, 0.2) is 60.3 Å². The number of benzene rings is 2. The zero-order chi connectivity index (χ0) is 18.8. The van der Waals surface area contributed by atoms with Crippen molar-refractivity contribution >= 4 is 11.6 Å². The molecule has 1 amide bonds. The Balaban J connectivity index is 1.79. The van der Waals surface area contributed by atoms with E-state index in [0.717, 1.165) is 42.6 Å². The summed E-state index contributed by atoms with van der Waals surface area (Å²) in [7, 11) is 0. The Hall–Kier alpha value is -3.06. The Morgan fingerprint density at radius 1 is 1.08 bits per heavy atom. The quantitative estimate of drug-likeness (QED) is 0.426. The summed E-state index contributed by atoms with van der Waals surface area (Å²) >= 11 is 0. The normalized spacial score (nSPS) is 10.9. The first-order valence-electron chi connectivity index (χ1n) is 8.87. The fraction of sp³-hybridized carbons (Fsp3) is 0.273. The van der Waals surface area contributed by atoms with Crippen LogP contribution in [0.3, 0.4) is 0 Å².